The Balaban J connectivity index is 4.14. The molecule has 0 radical (unpaired) electrons. The molecule has 0 bridgehead atoms. The SMILES string of the molecule is CC/C=C\C/C=C\C/C=C\C/C=C\C/C=C\C/C=C\C/C=C\C/C=C\CCCCCCCCCCCCC(=O)OC(COC(=O)CCCCCCCCCCC/C=C\C/C=C\CCCCC)COP(=O)(O)OCC[N+](C)(C)C. The zero-order valence-electron chi connectivity index (χ0n) is 50.6. The Bertz CT molecular complexity index is 1730. The van der Waals surface area contributed by atoms with Crippen LogP contribution >= 0.6 is 7.82 Å². The van der Waals surface area contributed by atoms with E-state index in [1.54, 1.807) is 0 Å². The summed E-state index contributed by atoms with van der Waals surface area (Å²) < 4.78 is 34.6. The summed E-state index contributed by atoms with van der Waals surface area (Å²) in [4.78, 5) is 35.7. The maximum Gasteiger partial charge on any atom is 0.472 e. The number of allylic oxidation sites excluding steroid dienone is 20. The van der Waals surface area contributed by atoms with Crippen molar-refractivity contribution in [3.63, 3.8) is 0 Å². The number of likely N-dealkylation sites (N-methyl/N-ethyl adjacent to an activating group) is 1. The summed E-state index contributed by atoms with van der Waals surface area (Å²) in [5.74, 6) is -0.811. The van der Waals surface area contributed by atoms with Crippen LogP contribution in [0.2, 0.25) is 0 Å². The van der Waals surface area contributed by atoms with Crippen LogP contribution in [0.1, 0.15) is 245 Å². The number of esters is 2. The Morgan fingerprint density at radius 1 is 0.410 bits per heavy atom. The maximum atomic E-state index is 12.8. The molecule has 2 unspecified atom stereocenters. The van der Waals surface area contributed by atoms with Gasteiger partial charge in [-0.2, -0.15) is 0 Å². The van der Waals surface area contributed by atoms with E-state index in [0.717, 1.165) is 103 Å². The van der Waals surface area contributed by atoms with Gasteiger partial charge in [0.15, 0.2) is 6.10 Å². The molecule has 0 aromatic carbocycles. The minimum Gasteiger partial charge on any atom is -0.462 e. The minimum absolute atomic E-state index is 0.0247. The summed E-state index contributed by atoms with van der Waals surface area (Å²) in [6.07, 6.45) is 82.7. The fraction of sp³-hybridized carbons (Fsp3) is 0.676. The van der Waals surface area contributed by atoms with Crippen LogP contribution in [-0.4, -0.2) is 74.9 Å². The molecule has 10 heteroatoms. The fourth-order valence-corrected chi connectivity index (χ4v) is 8.92. The number of carbonyl (C=O) groups is 2. The number of hydrogen-bond donors (Lipinski definition) is 1. The van der Waals surface area contributed by atoms with Gasteiger partial charge in [-0.15, -0.1) is 0 Å². The number of unbranched alkanes of at least 4 members (excludes halogenated alkanes) is 22. The lowest BCUT2D eigenvalue weighted by atomic mass is 10.0. The molecule has 0 spiro atoms. The average Bonchev–Trinajstić information content (AvgIpc) is 3.41. The highest BCUT2D eigenvalue weighted by Gasteiger charge is 2.27. The van der Waals surface area contributed by atoms with E-state index >= 15 is 0 Å². The van der Waals surface area contributed by atoms with Gasteiger partial charge in [0.25, 0.3) is 0 Å². The van der Waals surface area contributed by atoms with Gasteiger partial charge in [0.05, 0.1) is 27.7 Å². The second kappa shape index (κ2) is 58.1. The van der Waals surface area contributed by atoms with Gasteiger partial charge in [-0.25, -0.2) is 4.57 Å². The second-order valence-corrected chi connectivity index (χ2v) is 23.2. The molecule has 78 heavy (non-hydrogen) atoms. The highest BCUT2D eigenvalue weighted by atomic mass is 31.2. The Kier molecular flexibility index (Phi) is 55.4. The molecule has 0 saturated carbocycles. The molecule has 0 aliphatic heterocycles. The first kappa shape index (κ1) is 74.4. The third kappa shape index (κ3) is 61.6. The Morgan fingerprint density at radius 2 is 0.731 bits per heavy atom. The monoisotopic (exact) mass is 1110 g/mol. The van der Waals surface area contributed by atoms with Crippen molar-refractivity contribution in [3.8, 4) is 0 Å². The van der Waals surface area contributed by atoms with Gasteiger partial charge in [-0.1, -0.05) is 245 Å². The molecular formula is C68H117NO8P+. The number of rotatable bonds is 56. The zero-order chi connectivity index (χ0) is 57.0. The topological polar surface area (TPSA) is 108 Å². The zero-order valence-corrected chi connectivity index (χ0v) is 51.5. The van der Waals surface area contributed by atoms with Crippen molar-refractivity contribution in [2.45, 2.75) is 251 Å². The molecule has 0 aliphatic rings. The van der Waals surface area contributed by atoms with Crippen molar-refractivity contribution in [1.29, 1.82) is 0 Å². The molecule has 0 saturated heterocycles. The Hall–Kier alpha value is -3.59. The summed E-state index contributed by atoms with van der Waals surface area (Å²) in [6.45, 7) is 4.28. The molecule has 0 aromatic rings. The lowest BCUT2D eigenvalue weighted by molar-refractivity contribution is -0.870. The molecule has 9 nitrogen and oxygen atoms in total. The highest BCUT2D eigenvalue weighted by molar-refractivity contribution is 7.47. The van der Waals surface area contributed by atoms with Crippen molar-refractivity contribution in [3.05, 3.63) is 122 Å². The van der Waals surface area contributed by atoms with Crippen molar-refractivity contribution >= 4 is 19.8 Å². The quantitative estimate of drug-likeness (QED) is 0.0211. The molecule has 1 N–H and O–H groups in total. The fourth-order valence-electron chi connectivity index (χ4n) is 8.18. The van der Waals surface area contributed by atoms with Crippen molar-refractivity contribution in [2.24, 2.45) is 0 Å². The van der Waals surface area contributed by atoms with E-state index in [4.69, 9.17) is 18.5 Å². The van der Waals surface area contributed by atoms with Crippen LogP contribution in [0, 0.1) is 0 Å². The van der Waals surface area contributed by atoms with Crippen LogP contribution in [0.15, 0.2) is 122 Å². The largest absolute Gasteiger partial charge is 0.472 e. The Labute approximate surface area is 479 Å². The van der Waals surface area contributed by atoms with Crippen molar-refractivity contribution < 1.29 is 42.1 Å². The maximum absolute atomic E-state index is 12.8. The number of phosphoric ester groups is 1. The highest BCUT2D eigenvalue weighted by Crippen LogP contribution is 2.43. The van der Waals surface area contributed by atoms with Gasteiger partial charge in [-0.05, 0) is 109 Å². The summed E-state index contributed by atoms with van der Waals surface area (Å²) in [6, 6.07) is 0. The van der Waals surface area contributed by atoms with E-state index in [0.29, 0.717) is 17.4 Å². The predicted octanol–water partition coefficient (Wildman–Crippen LogP) is 19.9. The van der Waals surface area contributed by atoms with Gasteiger partial charge in [-0.3, -0.25) is 18.6 Å². The van der Waals surface area contributed by atoms with Crippen LogP contribution in [0.3, 0.4) is 0 Å². The number of hydrogen-bond acceptors (Lipinski definition) is 7. The summed E-state index contributed by atoms with van der Waals surface area (Å²) in [5, 5.41) is 0. The second-order valence-electron chi connectivity index (χ2n) is 21.7. The lowest BCUT2D eigenvalue weighted by Crippen LogP contribution is -2.37. The lowest BCUT2D eigenvalue weighted by Gasteiger charge is -2.24. The molecular weight excluding hydrogens is 990 g/mol. The van der Waals surface area contributed by atoms with E-state index in [1.165, 1.54) is 109 Å². The summed E-state index contributed by atoms with van der Waals surface area (Å²) in [5.41, 5.74) is 0. The number of phosphoric acid groups is 1. The molecule has 0 aromatic heterocycles. The van der Waals surface area contributed by atoms with Crippen LogP contribution in [0.25, 0.3) is 0 Å². The standard InChI is InChI=1S/C68H116NO8P/c1-6-8-10-12-14-16-18-20-22-24-26-27-28-29-30-31-32-33-34-35-36-37-38-39-40-41-43-45-47-49-51-53-55-57-59-61-68(71)77-66(65-76-78(72,73)75-63-62-69(3,4)5)64-74-67(70)60-58-56-54-52-50-48-46-44-42-25-23-21-19-17-15-13-11-9-7-2/h8,10,14-17,20-23,26-27,29-30,32-33,35-36,38-39,66H,6-7,9,11-13,18-19,24-25,28,31,34,37,40-65H2,1-5H3/p+1/b10-8-,16-14-,17-15-,22-20-,23-21-,27-26-,30-29-,33-32-,36-35-,39-38-. The average molecular weight is 1110 g/mol. The van der Waals surface area contributed by atoms with Gasteiger partial charge in [0.1, 0.15) is 19.8 Å². The first-order chi connectivity index (χ1) is 38.0. The predicted molar refractivity (Wildman–Crippen MR) is 334 cm³/mol. The van der Waals surface area contributed by atoms with Gasteiger partial charge in [0.2, 0.25) is 0 Å². The number of nitrogens with zero attached hydrogens (tertiary/aromatic N) is 1. The first-order valence-electron chi connectivity index (χ1n) is 31.3. The van der Waals surface area contributed by atoms with Crippen LogP contribution in [-0.2, 0) is 32.7 Å². The molecule has 0 amide bonds. The summed E-state index contributed by atoms with van der Waals surface area (Å²) in [7, 11) is 1.46. The number of carbonyl (C=O) groups excluding carboxylic acids is 2. The van der Waals surface area contributed by atoms with E-state index in [-0.39, 0.29) is 32.0 Å². The number of quaternary nitrogens is 1. The molecule has 446 valence electrons. The van der Waals surface area contributed by atoms with E-state index in [9.17, 15) is 19.0 Å². The molecule has 0 aliphatic carbocycles. The molecule has 0 heterocycles. The summed E-state index contributed by atoms with van der Waals surface area (Å²) >= 11 is 0. The van der Waals surface area contributed by atoms with Gasteiger partial charge in [0, 0.05) is 12.8 Å². The normalized spacial score (nSPS) is 14.1. The number of ether oxygens (including phenoxy) is 2. The third-order valence-electron chi connectivity index (χ3n) is 13.0. The smallest absolute Gasteiger partial charge is 0.462 e. The van der Waals surface area contributed by atoms with Crippen LogP contribution in [0.5, 0.6) is 0 Å². The van der Waals surface area contributed by atoms with Gasteiger partial charge >= 0.3 is 19.8 Å². The molecule has 2 atom stereocenters. The van der Waals surface area contributed by atoms with E-state index in [1.807, 2.05) is 21.1 Å². The van der Waals surface area contributed by atoms with Crippen LogP contribution < -0.4 is 0 Å². The first-order valence-corrected chi connectivity index (χ1v) is 32.8. The van der Waals surface area contributed by atoms with E-state index < -0.39 is 26.5 Å². The van der Waals surface area contributed by atoms with Gasteiger partial charge < -0.3 is 18.9 Å². The van der Waals surface area contributed by atoms with Crippen molar-refractivity contribution in [1.82, 2.24) is 0 Å². The third-order valence-corrected chi connectivity index (χ3v) is 14.0. The van der Waals surface area contributed by atoms with E-state index in [2.05, 4.69) is 135 Å². The molecule has 0 fully saturated rings. The van der Waals surface area contributed by atoms with Crippen LogP contribution in [0.4, 0.5) is 0 Å². The molecule has 0 rings (SSSR count). The van der Waals surface area contributed by atoms with Crippen molar-refractivity contribution in [2.75, 3.05) is 47.5 Å². The minimum atomic E-state index is -4.40. The Morgan fingerprint density at radius 3 is 1.09 bits per heavy atom.